The van der Waals surface area contributed by atoms with Crippen molar-refractivity contribution >= 4 is 11.7 Å². The molecule has 0 aliphatic heterocycles. The number of carbonyl (C=O) groups excluding carboxylic acids is 1. The van der Waals surface area contributed by atoms with Gasteiger partial charge >= 0.3 is 12.1 Å². The standard InChI is InChI=1S/C15H10F3NO4/c1-23-14(20)10-6-9(7-11(8-10)19(21)22)12-4-2-3-5-13(12)15(16,17)18/h2-8H,1H3. The van der Waals surface area contributed by atoms with Gasteiger partial charge in [-0.25, -0.2) is 4.79 Å². The summed E-state index contributed by atoms with van der Waals surface area (Å²) in [6.45, 7) is 0. The second kappa shape index (κ2) is 6.07. The topological polar surface area (TPSA) is 69.4 Å². The van der Waals surface area contributed by atoms with Gasteiger partial charge in [0, 0.05) is 12.1 Å². The number of hydrogen-bond donors (Lipinski definition) is 0. The van der Waals surface area contributed by atoms with Crippen LogP contribution in [0, 0.1) is 10.1 Å². The van der Waals surface area contributed by atoms with Crippen molar-refractivity contribution in [3.63, 3.8) is 0 Å². The summed E-state index contributed by atoms with van der Waals surface area (Å²) in [4.78, 5) is 21.8. The Morgan fingerprint density at radius 3 is 2.39 bits per heavy atom. The molecule has 0 aliphatic rings. The number of nitrogens with zero attached hydrogens (tertiary/aromatic N) is 1. The number of nitro benzene ring substituents is 1. The minimum absolute atomic E-state index is 0.0903. The minimum Gasteiger partial charge on any atom is -0.465 e. The van der Waals surface area contributed by atoms with E-state index in [0.29, 0.717) is 0 Å². The van der Waals surface area contributed by atoms with Crippen LogP contribution in [0.2, 0.25) is 0 Å². The third-order valence-electron chi connectivity index (χ3n) is 3.09. The highest BCUT2D eigenvalue weighted by molar-refractivity contribution is 5.92. The quantitative estimate of drug-likeness (QED) is 0.484. The van der Waals surface area contributed by atoms with Gasteiger partial charge in [-0.3, -0.25) is 10.1 Å². The van der Waals surface area contributed by atoms with Crippen LogP contribution in [0.15, 0.2) is 42.5 Å². The first kappa shape index (κ1) is 16.5. The van der Waals surface area contributed by atoms with E-state index in [2.05, 4.69) is 4.74 Å². The first-order valence-electron chi connectivity index (χ1n) is 6.28. The molecule has 8 heteroatoms. The van der Waals surface area contributed by atoms with Crippen molar-refractivity contribution in [1.82, 2.24) is 0 Å². The normalized spacial score (nSPS) is 11.1. The van der Waals surface area contributed by atoms with Crippen molar-refractivity contribution in [2.24, 2.45) is 0 Å². The van der Waals surface area contributed by atoms with E-state index in [4.69, 9.17) is 0 Å². The summed E-state index contributed by atoms with van der Waals surface area (Å²) >= 11 is 0. The summed E-state index contributed by atoms with van der Waals surface area (Å²) in [6, 6.07) is 7.70. The van der Waals surface area contributed by atoms with Crippen LogP contribution in [-0.4, -0.2) is 18.0 Å². The van der Waals surface area contributed by atoms with Gasteiger partial charge < -0.3 is 4.74 Å². The molecule has 0 unspecified atom stereocenters. The van der Waals surface area contributed by atoms with E-state index in [1.54, 1.807) is 0 Å². The van der Waals surface area contributed by atoms with E-state index in [9.17, 15) is 28.1 Å². The first-order chi connectivity index (χ1) is 10.7. The van der Waals surface area contributed by atoms with Crippen LogP contribution in [-0.2, 0) is 10.9 Å². The molecule has 0 atom stereocenters. The van der Waals surface area contributed by atoms with Crippen LogP contribution in [0.4, 0.5) is 18.9 Å². The van der Waals surface area contributed by atoms with Crippen molar-refractivity contribution in [2.45, 2.75) is 6.18 Å². The number of halogens is 3. The maximum atomic E-state index is 13.1. The van der Waals surface area contributed by atoms with Gasteiger partial charge in [0.2, 0.25) is 0 Å². The highest BCUT2D eigenvalue weighted by Crippen LogP contribution is 2.38. The monoisotopic (exact) mass is 325 g/mol. The van der Waals surface area contributed by atoms with Crippen LogP contribution in [0.1, 0.15) is 15.9 Å². The molecule has 0 aromatic heterocycles. The Hall–Kier alpha value is -2.90. The predicted molar refractivity (Wildman–Crippen MR) is 74.9 cm³/mol. The van der Waals surface area contributed by atoms with Crippen molar-refractivity contribution in [3.05, 3.63) is 63.7 Å². The van der Waals surface area contributed by atoms with Crippen molar-refractivity contribution < 1.29 is 27.6 Å². The summed E-state index contributed by atoms with van der Waals surface area (Å²) < 4.78 is 43.8. The Balaban J connectivity index is 2.71. The summed E-state index contributed by atoms with van der Waals surface area (Å²) in [7, 11) is 1.07. The Kier molecular flexibility index (Phi) is 4.35. The third kappa shape index (κ3) is 3.47. The maximum Gasteiger partial charge on any atom is 0.417 e. The number of esters is 1. The van der Waals surface area contributed by atoms with Crippen LogP contribution >= 0.6 is 0 Å². The van der Waals surface area contributed by atoms with Gasteiger partial charge in [0.05, 0.1) is 23.2 Å². The maximum absolute atomic E-state index is 13.1. The number of carbonyl (C=O) groups is 1. The second-order valence-corrected chi connectivity index (χ2v) is 4.56. The van der Waals surface area contributed by atoms with Gasteiger partial charge in [0.15, 0.2) is 0 Å². The number of ether oxygens (including phenoxy) is 1. The van der Waals surface area contributed by atoms with E-state index >= 15 is 0 Å². The molecular weight excluding hydrogens is 315 g/mol. The molecule has 0 radical (unpaired) electrons. The molecule has 5 nitrogen and oxygen atoms in total. The molecule has 2 aromatic rings. The number of methoxy groups -OCH3 is 1. The Bertz CT molecular complexity index is 772. The Morgan fingerprint density at radius 2 is 1.83 bits per heavy atom. The molecule has 0 spiro atoms. The van der Waals surface area contributed by atoms with Crippen molar-refractivity contribution in [3.8, 4) is 11.1 Å². The summed E-state index contributed by atoms with van der Waals surface area (Å²) in [5.74, 6) is -0.876. The van der Waals surface area contributed by atoms with E-state index < -0.39 is 28.3 Å². The van der Waals surface area contributed by atoms with Gasteiger partial charge in [-0.15, -0.1) is 0 Å². The zero-order valence-corrected chi connectivity index (χ0v) is 11.8. The highest BCUT2D eigenvalue weighted by Gasteiger charge is 2.33. The largest absolute Gasteiger partial charge is 0.465 e. The van der Waals surface area contributed by atoms with Crippen LogP contribution in [0.5, 0.6) is 0 Å². The lowest BCUT2D eigenvalue weighted by atomic mass is 9.97. The van der Waals surface area contributed by atoms with Crippen LogP contribution in [0.25, 0.3) is 11.1 Å². The molecular formula is C15H10F3NO4. The average molecular weight is 325 g/mol. The molecule has 0 aliphatic carbocycles. The van der Waals surface area contributed by atoms with Crippen molar-refractivity contribution in [2.75, 3.05) is 7.11 Å². The van der Waals surface area contributed by atoms with Crippen LogP contribution < -0.4 is 0 Å². The molecule has 120 valence electrons. The number of benzene rings is 2. The molecule has 2 rings (SSSR count). The number of rotatable bonds is 3. The number of non-ortho nitro benzene ring substituents is 1. The molecule has 2 aromatic carbocycles. The van der Waals surface area contributed by atoms with Gasteiger partial charge in [-0.05, 0) is 23.3 Å². The molecule has 23 heavy (non-hydrogen) atoms. The van der Waals surface area contributed by atoms with Crippen molar-refractivity contribution in [1.29, 1.82) is 0 Å². The molecule has 0 saturated heterocycles. The lowest BCUT2D eigenvalue weighted by molar-refractivity contribution is -0.384. The fraction of sp³-hybridized carbons (Fsp3) is 0.133. The van der Waals surface area contributed by atoms with Gasteiger partial charge in [-0.2, -0.15) is 13.2 Å². The molecule has 0 saturated carbocycles. The van der Waals surface area contributed by atoms with Gasteiger partial charge in [0.25, 0.3) is 5.69 Å². The zero-order valence-electron chi connectivity index (χ0n) is 11.8. The van der Waals surface area contributed by atoms with E-state index in [1.807, 2.05) is 0 Å². The number of hydrogen-bond acceptors (Lipinski definition) is 4. The first-order valence-corrected chi connectivity index (χ1v) is 6.28. The molecule has 0 fully saturated rings. The third-order valence-corrected chi connectivity index (χ3v) is 3.09. The molecule has 0 heterocycles. The minimum atomic E-state index is -4.63. The second-order valence-electron chi connectivity index (χ2n) is 4.56. The molecule has 0 amide bonds. The molecule has 0 N–H and O–H groups in total. The highest BCUT2D eigenvalue weighted by atomic mass is 19.4. The zero-order chi connectivity index (χ0) is 17.2. The average Bonchev–Trinajstić information content (AvgIpc) is 2.52. The number of nitro groups is 1. The van der Waals surface area contributed by atoms with Gasteiger partial charge in [-0.1, -0.05) is 18.2 Å². The van der Waals surface area contributed by atoms with E-state index in [-0.39, 0.29) is 16.7 Å². The fourth-order valence-electron chi connectivity index (χ4n) is 2.09. The summed E-state index contributed by atoms with van der Waals surface area (Å²) in [5.41, 5.74) is -1.99. The Labute approximate surface area is 128 Å². The van der Waals surface area contributed by atoms with E-state index in [0.717, 1.165) is 31.4 Å². The predicted octanol–water partition coefficient (Wildman–Crippen LogP) is 4.07. The fourth-order valence-corrected chi connectivity index (χ4v) is 2.09. The summed E-state index contributed by atoms with van der Waals surface area (Å²) in [6.07, 6.45) is -4.63. The smallest absolute Gasteiger partial charge is 0.417 e. The lowest BCUT2D eigenvalue weighted by Gasteiger charge is -2.13. The molecule has 0 bridgehead atoms. The van der Waals surface area contributed by atoms with Crippen LogP contribution in [0.3, 0.4) is 0 Å². The number of alkyl halides is 3. The van der Waals surface area contributed by atoms with E-state index in [1.165, 1.54) is 18.2 Å². The summed E-state index contributed by atoms with van der Waals surface area (Å²) in [5, 5.41) is 11.0. The lowest BCUT2D eigenvalue weighted by Crippen LogP contribution is -2.08. The Morgan fingerprint density at radius 1 is 1.17 bits per heavy atom. The van der Waals surface area contributed by atoms with Gasteiger partial charge in [0.1, 0.15) is 0 Å². The SMILES string of the molecule is COC(=O)c1cc(-c2ccccc2C(F)(F)F)cc([N+](=O)[O-])c1.